The van der Waals surface area contributed by atoms with Crippen LogP contribution in [0.5, 0.6) is 0 Å². The lowest BCUT2D eigenvalue weighted by Gasteiger charge is -2.26. The summed E-state index contributed by atoms with van der Waals surface area (Å²) < 4.78 is 5.90. The van der Waals surface area contributed by atoms with E-state index in [2.05, 4.69) is 21.2 Å². The average molecular weight is 342 g/mol. The summed E-state index contributed by atoms with van der Waals surface area (Å²) in [5, 5.41) is 13.2. The molecule has 4 nitrogen and oxygen atoms in total. The zero-order chi connectivity index (χ0) is 14.4. The van der Waals surface area contributed by atoms with Crippen LogP contribution in [0.15, 0.2) is 27.3 Å². The van der Waals surface area contributed by atoms with Crippen LogP contribution in [0.3, 0.4) is 0 Å². The van der Waals surface area contributed by atoms with E-state index in [1.165, 1.54) is 18.9 Å². The lowest BCUT2D eigenvalue weighted by atomic mass is 9.94. The molecule has 0 atom stereocenters. The predicted octanol–water partition coefficient (Wildman–Crippen LogP) is 3.26. The molecule has 1 aliphatic rings. The van der Waals surface area contributed by atoms with E-state index in [0.717, 1.165) is 25.7 Å². The standard InChI is InChI=1S/C15H20BrNO3/c16-13-7-5-12(20-13)6-8-14(18)17-11-15(19)9-3-1-2-4-10-15/h5-8,19H,1-4,9-11H2,(H,17,18). The summed E-state index contributed by atoms with van der Waals surface area (Å²) in [6.07, 6.45) is 8.96. The van der Waals surface area contributed by atoms with Gasteiger partial charge in [0.1, 0.15) is 5.76 Å². The molecule has 1 fully saturated rings. The monoisotopic (exact) mass is 341 g/mol. The first-order valence-corrected chi connectivity index (χ1v) is 7.80. The van der Waals surface area contributed by atoms with Gasteiger partial charge in [-0.3, -0.25) is 4.79 Å². The maximum Gasteiger partial charge on any atom is 0.244 e. The summed E-state index contributed by atoms with van der Waals surface area (Å²) in [5.41, 5.74) is -0.742. The van der Waals surface area contributed by atoms with E-state index in [1.54, 1.807) is 18.2 Å². The third-order valence-corrected chi connectivity index (χ3v) is 4.05. The molecule has 2 rings (SSSR count). The smallest absolute Gasteiger partial charge is 0.244 e. The first-order valence-electron chi connectivity index (χ1n) is 7.01. The second kappa shape index (κ2) is 7.09. The number of amides is 1. The third-order valence-electron chi connectivity index (χ3n) is 3.62. The average Bonchev–Trinajstić information content (AvgIpc) is 2.71. The molecule has 1 aliphatic carbocycles. The number of nitrogens with one attached hydrogen (secondary N) is 1. The van der Waals surface area contributed by atoms with Crippen LogP contribution in [-0.2, 0) is 4.79 Å². The van der Waals surface area contributed by atoms with Crippen molar-refractivity contribution in [3.63, 3.8) is 0 Å². The van der Waals surface area contributed by atoms with Crippen LogP contribution < -0.4 is 5.32 Å². The summed E-state index contributed by atoms with van der Waals surface area (Å²) in [5.74, 6) is 0.399. The van der Waals surface area contributed by atoms with E-state index >= 15 is 0 Å². The Kier molecular flexibility index (Phi) is 5.43. The van der Waals surface area contributed by atoms with E-state index in [1.807, 2.05) is 0 Å². The Morgan fingerprint density at radius 2 is 2.05 bits per heavy atom. The maximum atomic E-state index is 11.7. The van der Waals surface area contributed by atoms with Gasteiger partial charge in [-0.2, -0.15) is 0 Å². The molecule has 110 valence electrons. The molecule has 0 unspecified atom stereocenters. The Morgan fingerprint density at radius 3 is 2.65 bits per heavy atom. The highest BCUT2D eigenvalue weighted by molar-refractivity contribution is 9.10. The first-order chi connectivity index (χ1) is 9.57. The quantitative estimate of drug-likeness (QED) is 0.652. The number of carbonyl (C=O) groups is 1. The minimum absolute atomic E-state index is 0.213. The SMILES string of the molecule is O=C(C=Cc1ccc(Br)o1)NCC1(O)CCCCCC1. The normalized spacial score (nSPS) is 18.9. The third kappa shape index (κ3) is 4.80. The van der Waals surface area contributed by atoms with Crippen LogP contribution >= 0.6 is 15.9 Å². The van der Waals surface area contributed by atoms with Crippen molar-refractivity contribution in [2.45, 2.75) is 44.1 Å². The van der Waals surface area contributed by atoms with E-state index in [9.17, 15) is 9.90 Å². The van der Waals surface area contributed by atoms with E-state index in [0.29, 0.717) is 17.0 Å². The van der Waals surface area contributed by atoms with Crippen molar-refractivity contribution in [2.24, 2.45) is 0 Å². The highest BCUT2D eigenvalue weighted by Gasteiger charge is 2.27. The second-order valence-corrected chi connectivity index (χ2v) is 6.11. The Labute approximate surface area is 127 Å². The van der Waals surface area contributed by atoms with Crippen molar-refractivity contribution < 1.29 is 14.3 Å². The minimum Gasteiger partial charge on any atom is -0.450 e. The van der Waals surface area contributed by atoms with Gasteiger partial charge in [0.05, 0.1) is 5.60 Å². The van der Waals surface area contributed by atoms with Crippen molar-refractivity contribution in [1.82, 2.24) is 5.32 Å². The molecule has 2 N–H and O–H groups in total. The molecule has 0 radical (unpaired) electrons. The highest BCUT2D eigenvalue weighted by Crippen LogP contribution is 2.26. The number of furan rings is 1. The zero-order valence-corrected chi connectivity index (χ0v) is 13.0. The zero-order valence-electron chi connectivity index (χ0n) is 11.4. The molecule has 1 amide bonds. The highest BCUT2D eigenvalue weighted by atomic mass is 79.9. The van der Waals surface area contributed by atoms with Crippen molar-refractivity contribution in [2.75, 3.05) is 6.54 Å². The fraction of sp³-hybridized carbons (Fsp3) is 0.533. The second-order valence-electron chi connectivity index (χ2n) is 5.33. The molecule has 0 aliphatic heterocycles. The van der Waals surface area contributed by atoms with Gasteiger partial charge in [-0.25, -0.2) is 0 Å². The van der Waals surface area contributed by atoms with Gasteiger partial charge in [-0.1, -0.05) is 25.7 Å². The molecule has 1 aromatic heterocycles. The number of aliphatic hydroxyl groups is 1. The van der Waals surface area contributed by atoms with Crippen molar-refractivity contribution in [1.29, 1.82) is 0 Å². The molecule has 0 bridgehead atoms. The molecular weight excluding hydrogens is 322 g/mol. The Morgan fingerprint density at radius 1 is 1.35 bits per heavy atom. The molecule has 1 heterocycles. The summed E-state index contributed by atoms with van der Waals surface area (Å²) >= 11 is 3.20. The molecule has 20 heavy (non-hydrogen) atoms. The number of hydrogen-bond acceptors (Lipinski definition) is 3. The fourth-order valence-electron chi connectivity index (χ4n) is 2.45. The van der Waals surface area contributed by atoms with Gasteiger partial charge in [0.15, 0.2) is 4.67 Å². The van der Waals surface area contributed by atoms with Gasteiger partial charge < -0.3 is 14.8 Å². The maximum absolute atomic E-state index is 11.7. The molecule has 0 spiro atoms. The number of carbonyl (C=O) groups excluding carboxylic acids is 1. The summed E-state index contributed by atoms with van der Waals surface area (Å²) in [4.78, 5) is 11.7. The Bertz CT molecular complexity index is 473. The molecule has 5 heteroatoms. The van der Waals surface area contributed by atoms with Crippen molar-refractivity contribution in [3.8, 4) is 0 Å². The predicted molar refractivity (Wildman–Crippen MR) is 81.1 cm³/mol. The van der Waals surface area contributed by atoms with E-state index < -0.39 is 5.60 Å². The molecule has 1 saturated carbocycles. The van der Waals surface area contributed by atoms with Crippen molar-refractivity contribution >= 4 is 27.9 Å². The van der Waals surface area contributed by atoms with Gasteiger partial charge in [-0.15, -0.1) is 0 Å². The molecule has 0 saturated heterocycles. The van der Waals surface area contributed by atoms with Crippen LogP contribution in [0.2, 0.25) is 0 Å². The molecule has 0 aromatic carbocycles. The molecule has 1 aromatic rings. The summed E-state index contributed by atoms with van der Waals surface area (Å²) in [7, 11) is 0. The van der Waals surface area contributed by atoms with E-state index in [4.69, 9.17) is 4.42 Å². The van der Waals surface area contributed by atoms with Crippen LogP contribution in [0, 0.1) is 0 Å². The van der Waals surface area contributed by atoms with Crippen LogP contribution in [0.4, 0.5) is 0 Å². The van der Waals surface area contributed by atoms with Gasteiger partial charge in [0.2, 0.25) is 5.91 Å². The van der Waals surface area contributed by atoms with Crippen LogP contribution in [0.1, 0.15) is 44.3 Å². The van der Waals surface area contributed by atoms with Crippen LogP contribution in [0.25, 0.3) is 6.08 Å². The van der Waals surface area contributed by atoms with Gasteiger partial charge in [0, 0.05) is 12.6 Å². The van der Waals surface area contributed by atoms with E-state index in [-0.39, 0.29) is 5.91 Å². The minimum atomic E-state index is -0.742. The first kappa shape index (κ1) is 15.3. The van der Waals surface area contributed by atoms with Crippen LogP contribution in [-0.4, -0.2) is 23.2 Å². The number of halogens is 1. The lowest BCUT2D eigenvalue weighted by molar-refractivity contribution is -0.117. The molecular formula is C15H20BrNO3. The van der Waals surface area contributed by atoms with Gasteiger partial charge in [-0.05, 0) is 47.0 Å². The number of hydrogen-bond donors (Lipinski definition) is 2. The summed E-state index contributed by atoms with van der Waals surface area (Å²) in [6.45, 7) is 0.317. The van der Waals surface area contributed by atoms with Crippen molar-refractivity contribution in [3.05, 3.63) is 28.6 Å². The largest absolute Gasteiger partial charge is 0.450 e. The van der Waals surface area contributed by atoms with Gasteiger partial charge in [0.25, 0.3) is 0 Å². The Balaban J connectivity index is 1.80. The lowest BCUT2D eigenvalue weighted by Crippen LogP contribution is -2.42. The fourth-order valence-corrected chi connectivity index (χ4v) is 2.77. The topological polar surface area (TPSA) is 62.5 Å². The number of rotatable bonds is 4. The summed E-state index contributed by atoms with van der Waals surface area (Å²) in [6, 6.07) is 3.54. The Hall–Kier alpha value is -1.07. The van der Waals surface area contributed by atoms with Gasteiger partial charge >= 0.3 is 0 Å².